The average molecular weight is 459 g/mol. The van der Waals surface area contributed by atoms with Gasteiger partial charge >= 0.3 is 0 Å². The quantitative estimate of drug-likeness (QED) is 0.348. The van der Waals surface area contributed by atoms with Crippen LogP contribution >= 0.6 is 24.4 Å². The molecule has 0 saturated carbocycles. The molecule has 7 nitrogen and oxygen atoms in total. The van der Waals surface area contributed by atoms with Gasteiger partial charge in [0.25, 0.3) is 5.91 Å². The van der Waals surface area contributed by atoms with Gasteiger partial charge in [-0.25, -0.2) is 0 Å². The number of rotatable bonds is 8. The van der Waals surface area contributed by atoms with Crippen LogP contribution < -0.4 is 26.0 Å². The van der Waals surface area contributed by atoms with Gasteiger partial charge in [0.2, 0.25) is 5.91 Å². The van der Waals surface area contributed by atoms with Gasteiger partial charge in [-0.2, -0.15) is 0 Å². The predicted octanol–water partition coefficient (Wildman–Crippen LogP) is 4.22. The molecular formula is C22H26N4O3S2. The molecule has 0 aliphatic heterocycles. The largest absolute Gasteiger partial charge is 0.494 e. The molecule has 0 unspecified atom stereocenters. The van der Waals surface area contributed by atoms with Gasteiger partial charge in [-0.15, -0.1) is 0 Å². The summed E-state index contributed by atoms with van der Waals surface area (Å²) in [5, 5.41) is 11.5. The molecule has 31 heavy (non-hydrogen) atoms. The van der Waals surface area contributed by atoms with Crippen molar-refractivity contribution < 1.29 is 14.3 Å². The minimum absolute atomic E-state index is 0.157. The number of amides is 2. The van der Waals surface area contributed by atoms with E-state index in [1.54, 1.807) is 55.5 Å². The molecule has 0 heterocycles. The van der Waals surface area contributed by atoms with Crippen LogP contribution in [0, 0.1) is 0 Å². The van der Waals surface area contributed by atoms with Gasteiger partial charge in [-0.3, -0.25) is 14.9 Å². The van der Waals surface area contributed by atoms with E-state index in [2.05, 4.69) is 28.2 Å². The molecule has 0 spiro atoms. The lowest BCUT2D eigenvalue weighted by Crippen LogP contribution is -2.34. The number of hydrogen-bond acceptors (Lipinski definition) is 5. The number of carbonyl (C=O) groups is 2. The maximum Gasteiger partial charge on any atom is 0.257 e. The fourth-order valence-corrected chi connectivity index (χ4v) is 2.83. The van der Waals surface area contributed by atoms with Gasteiger partial charge in [-0.1, -0.05) is 20.3 Å². The molecule has 164 valence electrons. The summed E-state index contributed by atoms with van der Waals surface area (Å²) in [5.74, 6) is 0.261. The van der Waals surface area contributed by atoms with Crippen LogP contribution in [0.2, 0.25) is 0 Å². The van der Waals surface area contributed by atoms with Crippen molar-refractivity contribution in [2.75, 3.05) is 17.2 Å². The Morgan fingerprint density at radius 1 is 0.839 bits per heavy atom. The summed E-state index contributed by atoms with van der Waals surface area (Å²) in [6, 6.07) is 14.0. The minimum Gasteiger partial charge on any atom is -0.494 e. The third kappa shape index (κ3) is 8.69. The summed E-state index contributed by atoms with van der Waals surface area (Å²) in [4.78, 5) is 23.7. The van der Waals surface area contributed by atoms with Crippen molar-refractivity contribution >= 4 is 57.8 Å². The first kappa shape index (κ1) is 24.2. The lowest BCUT2D eigenvalue weighted by molar-refractivity contribution is -0.119. The fourth-order valence-electron chi connectivity index (χ4n) is 2.39. The van der Waals surface area contributed by atoms with E-state index >= 15 is 0 Å². The van der Waals surface area contributed by atoms with Crippen LogP contribution in [0.1, 0.15) is 43.5 Å². The summed E-state index contributed by atoms with van der Waals surface area (Å²) < 4.78 is 5.60. The zero-order chi connectivity index (χ0) is 22.6. The number of benzene rings is 2. The highest BCUT2D eigenvalue weighted by Crippen LogP contribution is 2.15. The molecule has 0 aliphatic rings. The second-order valence-electron chi connectivity index (χ2n) is 6.57. The Labute approximate surface area is 192 Å². The van der Waals surface area contributed by atoms with Crippen LogP contribution in [-0.2, 0) is 4.79 Å². The molecule has 9 heteroatoms. The van der Waals surface area contributed by atoms with E-state index in [1.165, 1.54) is 0 Å². The van der Waals surface area contributed by atoms with Crippen LogP contribution in [-0.4, -0.2) is 28.6 Å². The number of nitrogens with one attached hydrogen (secondary N) is 4. The van der Waals surface area contributed by atoms with Crippen LogP contribution in [0.15, 0.2) is 48.5 Å². The van der Waals surface area contributed by atoms with E-state index in [0.717, 1.165) is 18.6 Å². The highest BCUT2D eigenvalue weighted by Gasteiger charge is 2.09. The third-order valence-electron chi connectivity index (χ3n) is 4.08. The van der Waals surface area contributed by atoms with E-state index in [1.807, 2.05) is 0 Å². The molecule has 2 amide bonds. The first-order valence-electron chi connectivity index (χ1n) is 9.97. The molecular weight excluding hydrogens is 432 g/mol. The van der Waals surface area contributed by atoms with E-state index in [0.29, 0.717) is 30.0 Å². The molecule has 2 aromatic carbocycles. The fraction of sp³-hybridized carbons (Fsp3) is 0.273. The minimum atomic E-state index is -0.312. The second-order valence-corrected chi connectivity index (χ2v) is 7.38. The first-order valence-corrected chi connectivity index (χ1v) is 10.8. The van der Waals surface area contributed by atoms with Crippen LogP contribution in [0.4, 0.5) is 11.4 Å². The predicted molar refractivity (Wildman–Crippen MR) is 132 cm³/mol. The van der Waals surface area contributed by atoms with Crippen LogP contribution in [0.3, 0.4) is 0 Å². The highest BCUT2D eigenvalue weighted by atomic mass is 32.1. The van der Waals surface area contributed by atoms with Gasteiger partial charge in [0, 0.05) is 23.4 Å². The summed E-state index contributed by atoms with van der Waals surface area (Å²) in [7, 11) is 0. The summed E-state index contributed by atoms with van der Waals surface area (Å²) in [5.41, 5.74) is 1.89. The number of unbranched alkanes of at least 4 members (excludes halogenated alkanes) is 1. The Morgan fingerprint density at radius 2 is 1.39 bits per heavy atom. The zero-order valence-electron chi connectivity index (χ0n) is 17.5. The van der Waals surface area contributed by atoms with Crippen LogP contribution in [0.25, 0.3) is 0 Å². The number of thiocarbonyl (C=S) groups is 2. The van der Waals surface area contributed by atoms with E-state index < -0.39 is 0 Å². The van der Waals surface area contributed by atoms with E-state index in [-0.39, 0.29) is 22.0 Å². The molecule has 0 aromatic heterocycles. The summed E-state index contributed by atoms with van der Waals surface area (Å²) in [6.07, 6.45) is 2.40. The van der Waals surface area contributed by atoms with Crippen molar-refractivity contribution in [3.05, 3.63) is 54.1 Å². The van der Waals surface area contributed by atoms with Gasteiger partial charge in [0.15, 0.2) is 10.2 Å². The Bertz CT molecular complexity index is 915. The highest BCUT2D eigenvalue weighted by molar-refractivity contribution is 7.80. The van der Waals surface area contributed by atoms with Crippen molar-refractivity contribution in [1.29, 1.82) is 0 Å². The van der Waals surface area contributed by atoms with Crippen molar-refractivity contribution in [3.8, 4) is 5.75 Å². The molecule has 0 atom stereocenters. The van der Waals surface area contributed by atoms with Crippen molar-refractivity contribution in [2.24, 2.45) is 0 Å². The molecule has 0 radical (unpaired) electrons. The van der Waals surface area contributed by atoms with Crippen molar-refractivity contribution in [1.82, 2.24) is 10.6 Å². The zero-order valence-corrected chi connectivity index (χ0v) is 19.1. The van der Waals surface area contributed by atoms with Gasteiger partial charge in [0.05, 0.1) is 6.61 Å². The van der Waals surface area contributed by atoms with Crippen LogP contribution in [0.5, 0.6) is 5.75 Å². The SMILES string of the molecule is CCCCOc1ccc(C(=O)NC(=S)Nc2ccc(NC(=S)NC(=O)CC)cc2)cc1. The molecule has 0 bridgehead atoms. The number of carbonyl (C=O) groups excluding carboxylic acids is 2. The monoisotopic (exact) mass is 458 g/mol. The Hall–Kier alpha value is -3.04. The average Bonchev–Trinajstić information content (AvgIpc) is 2.75. The normalized spacial score (nSPS) is 10.0. The number of hydrogen-bond donors (Lipinski definition) is 4. The molecule has 0 aliphatic carbocycles. The first-order chi connectivity index (χ1) is 14.9. The Morgan fingerprint density at radius 3 is 1.90 bits per heavy atom. The molecule has 2 aromatic rings. The third-order valence-corrected chi connectivity index (χ3v) is 4.49. The Kier molecular flexibility index (Phi) is 9.86. The van der Waals surface area contributed by atoms with Crippen molar-refractivity contribution in [3.63, 3.8) is 0 Å². The van der Waals surface area contributed by atoms with Crippen molar-refractivity contribution in [2.45, 2.75) is 33.1 Å². The maximum atomic E-state index is 12.4. The van der Waals surface area contributed by atoms with E-state index in [4.69, 9.17) is 29.2 Å². The standard InChI is InChI=1S/C22H26N4O3S2/c1-3-5-14-29-18-12-6-15(7-13-18)20(28)26-22(31)24-17-10-8-16(9-11-17)23-21(30)25-19(27)4-2/h6-13H,3-5,14H2,1-2H3,(H2,23,25,27,30)(H2,24,26,28,31). The lowest BCUT2D eigenvalue weighted by Gasteiger charge is -2.12. The summed E-state index contributed by atoms with van der Waals surface area (Å²) >= 11 is 10.3. The summed E-state index contributed by atoms with van der Waals surface area (Å²) in [6.45, 7) is 4.51. The second kappa shape index (κ2) is 12.6. The van der Waals surface area contributed by atoms with Gasteiger partial charge < -0.3 is 20.7 Å². The maximum absolute atomic E-state index is 12.4. The lowest BCUT2D eigenvalue weighted by atomic mass is 10.2. The molecule has 0 fully saturated rings. The number of anilines is 2. The number of ether oxygens (including phenoxy) is 1. The molecule has 2 rings (SSSR count). The molecule has 4 N–H and O–H groups in total. The van der Waals surface area contributed by atoms with Gasteiger partial charge in [-0.05, 0) is 79.4 Å². The molecule has 0 saturated heterocycles. The Balaban J connectivity index is 1.83. The smallest absolute Gasteiger partial charge is 0.257 e. The van der Waals surface area contributed by atoms with E-state index in [9.17, 15) is 9.59 Å². The van der Waals surface area contributed by atoms with Gasteiger partial charge in [0.1, 0.15) is 5.75 Å². The topological polar surface area (TPSA) is 91.5 Å².